The number of nitrogens with one attached hydrogen (secondary N) is 1. The van der Waals surface area contributed by atoms with Crippen molar-refractivity contribution >= 4 is 21.0 Å². The lowest BCUT2D eigenvalue weighted by atomic mass is 10.1. The van der Waals surface area contributed by atoms with Gasteiger partial charge < -0.3 is 14.8 Å². The number of ether oxygens (including phenoxy) is 2. The average Bonchev–Trinajstić information content (AvgIpc) is 3.31. The molecule has 0 aliphatic heterocycles. The highest BCUT2D eigenvalue weighted by Crippen LogP contribution is 2.36. The van der Waals surface area contributed by atoms with E-state index < -0.39 is 11.7 Å². The number of rotatable bonds is 10. The maximum atomic E-state index is 14.4. The number of allylic oxidation sites excluding steroid dienone is 1. The quantitative estimate of drug-likeness (QED) is 0.229. The van der Waals surface area contributed by atoms with Crippen LogP contribution in [0.15, 0.2) is 65.9 Å². The van der Waals surface area contributed by atoms with E-state index in [4.69, 9.17) is 9.47 Å². The molecule has 0 fully saturated rings. The van der Waals surface area contributed by atoms with E-state index >= 15 is 0 Å². The summed E-state index contributed by atoms with van der Waals surface area (Å²) in [5.74, 6) is 0.877. The molecule has 2 atom stereocenters. The summed E-state index contributed by atoms with van der Waals surface area (Å²) in [7, 11) is 3.01. The van der Waals surface area contributed by atoms with E-state index in [2.05, 4.69) is 20.4 Å². The van der Waals surface area contributed by atoms with E-state index in [9.17, 15) is 13.6 Å². The number of carbonyl (C=O) groups excluding carboxylic acids is 1. The minimum Gasteiger partial charge on any atom is -0.494 e. The molecule has 0 saturated carbocycles. The van der Waals surface area contributed by atoms with Crippen molar-refractivity contribution in [1.29, 1.82) is 0 Å². The second-order valence-electron chi connectivity index (χ2n) is 7.95. The summed E-state index contributed by atoms with van der Waals surface area (Å²) < 4.78 is 41.0. The van der Waals surface area contributed by atoms with Gasteiger partial charge in [0.05, 0.1) is 18.9 Å². The van der Waals surface area contributed by atoms with Gasteiger partial charge in [-0.05, 0) is 57.2 Å². The number of aromatic nitrogens is 3. The third kappa shape index (κ3) is 7.43. The smallest absolute Gasteiger partial charge is 0.300 e. The van der Waals surface area contributed by atoms with E-state index in [1.54, 1.807) is 55.7 Å². The van der Waals surface area contributed by atoms with Crippen LogP contribution in [0.1, 0.15) is 36.8 Å². The number of pyridine rings is 1. The van der Waals surface area contributed by atoms with Crippen LogP contribution in [-0.4, -0.2) is 52.8 Å². The van der Waals surface area contributed by atoms with E-state index in [0.717, 1.165) is 4.68 Å². The molecule has 1 aromatic carbocycles. The normalized spacial score (nSPS) is 13.0. The first-order valence-corrected chi connectivity index (χ1v) is 12.3. The number of hydrogen-bond donors (Lipinski definition) is 1. The SMILES string of the molecule is CCOc1cc(OCC)cc(C(=O)NC(C)/C=C\C(=NC)n2nc(-c3cccnc3)cc2C(F)(F)P)c1. The zero-order valence-corrected chi connectivity index (χ0v) is 22.3. The van der Waals surface area contributed by atoms with Crippen LogP contribution in [-0.2, 0) is 5.66 Å². The Hall–Kier alpha value is -3.65. The Kier molecular flexibility index (Phi) is 9.47. The number of alkyl halides is 2. The largest absolute Gasteiger partial charge is 0.494 e. The third-order valence-electron chi connectivity index (χ3n) is 5.11. The summed E-state index contributed by atoms with van der Waals surface area (Å²) in [6, 6.07) is 9.27. The van der Waals surface area contributed by atoms with Crippen LogP contribution in [0.3, 0.4) is 0 Å². The van der Waals surface area contributed by atoms with Gasteiger partial charge in [0.15, 0.2) is 0 Å². The van der Waals surface area contributed by atoms with Crippen LogP contribution in [0, 0.1) is 0 Å². The topological polar surface area (TPSA) is 90.6 Å². The second kappa shape index (κ2) is 12.5. The van der Waals surface area contributed by atoms with Gasteiger partial charge >= 0.3 is 0 Å². The number of benzene rings is 1. The summed E-state index contributed by atoms with van der Waals surface area (Å²) in [6.45, 7) is 6.35. The molecule has 3 rings (SSSR count). The number of nitrogens with zero attached hydrogens (tertiary/aromatic N) is 4. The van der Waals surface area contributed by atoms with Crippen LogP contribution in [0.5, 0.6) is 11.5 Å². The number of hydrogen-bond acceptors (Lipinski definition) is 6. The lowest BCUT2D eigenvalue weighted by Crippen LogP contribution is -2.31. The van der Waals surface area contributed by atoms with Gasteiger partial charge in [-0.1, -0.05) is 15.3 Å². The minimum atomic E-state index is -3.25. The molecule has 0 saturated heterocycles. The molecule has 2 aromatic heterocycles. The molecule has 1 amide bonds. The van der Waals surface area contributed by atoms with Gasteiger partial charge in [0, 0.05) is 42.7 Å². The fourth-order valence-electron chi connectivity index (χ4n) is 3.46. The predicted molar refractivity (Wildman–Crippen MR) is 143 cm³/mol. The van der Waals surface area contributed by atoms with Crippen LogP contribution >= 0.6 is 9.24 Å². The average molecular weight is 530 g/mol. The van der Waals surface area contributed by atoms with Crippen molar-refractivity contribution < 1.29 is 23.0 Å². The molecule has 11 heteroatoms. The van der Waals surface area contributed by atoms with E-state index in [1.165, 1.54) is 28.4 Å². The van der Waals surface area contributed by atoms with Gasteiger partial charge in [-0.25, -0.2) is 4.68 Å². The Morgan fingerprint density at radius 2 is 1.89 bits per heavy atom. The molecule has 196 valence electrons. The Labute approximate surface area is 217 Å². The summed E-state index contributed by atoms with van der Waals surface area (Å²) in [5, 5.41) is 7.20. The first-order valence-electron chi connectivity index (χ1n) is 11.7. The molecule has 2 heterocycles. The van der Waals surface area contributed by atoms with Crippen molar-refractivity contribution in [2.24, 2.45) is 4.99 Å². The van der Waals surface area contributed by atoms with Crippen LogP contribution in [0.25, 0.3) is 11.3 Å². The summed E-state index contributed by atoms with van der Waals surface area (Å²) in [4.78, 5) is 21.1. The van der Waals surface area contributed by atoms with Crippen LogP contribution in [0.2, 0.25) is 0 Å². The molecule has 0 radical (unpaired) electrons. The van der Waals surface area contributed by atoms with Crippen molar-refractivity contribution in [2.75, 3.05) is 20.3 Å². The van der Waals surface area contributed by atoms with Gasteiger partial charge in [0.25, 0.3) is 11.6 Å². The minimum absolute atomic E-state index is 0.172. The first kappa shape index (κ1) is 27.9. The van der Waals surface area contributed by atoms with Crippen LogP contribution in [0.4, 0.5) is 8.78 Å². The summed E-state index contributed by atoms with van der Waals surface area (Å²) >= 11 is 0. The fraction of sp³-hybridized carbons (Fsp3) is 0.308. The summed E-state index contributed by atoms with van der Waals surface area (Å²) in [5.41, 5.74) is -2.30. The molecular weight excluding hydrogens is 499 g/mol. The highest BCUT2D eigenvalue weighted by Gasteiger charge is 2.32. The fourth-order valence-corrected chi connectivity index (χ4v) is 3.67. The maximum Gasteiger partial charge on any atom is 0.300 e. The Bertz CT molecular complexity index is 1250. The molecule has 0 aliphatic rings. The molecule has 37 heavy (non-hydrogen) atoms. The molecule has 3 aromatic rings. The molecule has 2 unspecified atom stereocenters. The molecule has 0 spiro atoms. The third-order valence-corrected chi connectivity index (χ3v) is 5.41. The lowest BCUT2D eigenvalue weighted by Gasteiger charge is -2.14. The van der Waals surface area contributed by atoms with E-state index in [1.807, 2.05) is 13.8 Å². The molecular formula is C26H30F2N5O3P. The van der Waals surface area contributed by atoms with Crippen molar-refractivity contribution in [1.82, 2.24) is 20.1 Å². The second-order valence-corrected chi connectivity index (χ2v) is 8.68. The van der Waals surface area contributed by atoms with Crippen molar-refractivity contribution in [3.63, 3.8) is 0 Å². The van der Waals surface area contributed by atoms with Crippen LogP contribution < -0.4 is 14.8 Å². The van der Waals surface area contributed by atoms with Gasteiger partial charge in [0.1, 0.15) is 23.0 Å². The Morgan fingerprint density at radius 1 is 1.22 bits per heavy atom. The van der Waals surface area contributed by atoms with Gasteiger partial charge in [-0.2, -0.15) is 13.9 Å². The number of aliphatic imine (C=N–C) groups is 1. The molecule has 0 aliphatic carbocycles. The van der Waals surface area contributed by atoms with Gasteiger partial charge in [-0.3, -0.25) is 14.8 Å². The maximum absolute atomic E-state index is 14.4. The van der Waals surface area contributed by atoms with Crippen molar-refractivity contribution in [3.8, 4) is 22.8 Å². The highest BCUT2D eigenvalue weighted by atomic mass is 31.0. The highest BCUT2D eigenvalue weighted by molar-refractivity contribution is 7.17. The van der Waals surface area contributed by atoms with Gasteiger partial charge in [0.2, 0.25) is 0 Å². The monoisotopic (exact) mass is 529 g/mol. The number of carbonyl (C=O) groups is 1. The molecule has 1 N–H and O–H groups in total. The standard InChI is InChI=1S/C26H30F2N5O3P/c1-5-35-20-12-19(13-21(14-20)36-6-2)25(34)31-17(3)9-10-24(29-4)33-23(26(27,28)37)15-22(32-33)18-8-7-11-30-16-18/h7-17H,5-6,37H2,1-4H3,(H,31,34)/b10-9-,29-24?. The van der Waals surface area contributed by atoms with E-state index in [-0.39, 0.29) is 17.4 Å². The zero-order valence-electron chi connectivity index (χ0n) is 21.1. The number of amides is 1. The Morgan fingerprint density at radius 3 is 2.43 bits per heavy atom. The van der Waals surface area contributed by atoms with E-state index in [0.29, 0.717) is 41.5 Å². The van der Waals surface area contributed by atoms with Gasteiger partial charge in [-0.15, -0.1) is 0 Å². The van der Waals surface area contributed by atoms with Crippen molar-refractivity contribution in [2.45, 2.75) is 32.5 Å². The first-order chi connectivity index (χ1) is 17.7. The predicted octanol–water partition coefficient (Wildman–Crippen LogP) is 4.92. The van der Waals surface area contributed by atoms with Crippen molar-refractivity contribution in [3.05, 3.63) is 72.2 Å². The number of halogens is 2. The summed E-state index contributed by atoms with van der Waals surface area (Å²) in [6.07, 6.45) is 6.32. The molecule has 8 nitrogen and oxygen atoms in total. The zero-order chi connectivity index (χ0) is 27.0. The lowest BCUT2D eigenvalue weighted by molar-refractivity contribution is 0.0944. The Balaban J connectivity index is 1.82. The molecule has 0 bridgehead atoms.